The molecule has 12 heteroatoms. The number of hydrogen-bond acceptors (Lipinski definition) is 8. The molecule has 0 aromatic heterocycles. The van der Waals surface area contributed by atoms with Crippen LogP contribution in [0.1, 0.15) is 20.3 Å². The topological polar surface area (TPSA) is 191 Å². The van der Waals surface area contributed by atoms with Crippen molar-refractivity contribution in [2.24, 2.45) is 5.73 Å². The number of carbonyl (C=O) groups is 4. The zero-order valence-corrected chi connectivity index (χ0v) is 16.3. The van der Waals surface area contributed by atoms with Crippen molar-refractivity contribution in [1.29, 1.82) is 0 Å². The highest BCUT2D eigenvalue weighted by atomic mass is 32.2. The molecule has 0 saturated carbocycles. The molecule has 27 heavy (non-hydrogen) atoms. The second-order valence-corrected chi connectivity index (χ2v) is 6.91. The molecule has 5 unspecified atom stereocenters. The van der Waals surface area contributed by atoms with Gasteiger partial charge in [0.2, 0.25) is 17.7 Å². The van der Waals surface area contributed by atoms with E-state index in [1.165, 1.54) is 25.6 Å². The summed E-state index contributed by atoms with van der Waals surface area (Å²) < 4.78 is 0. The molecule has 3 amide bonds. The van der Waals surface area contributed by atoms with E-state index in [9.17, 15) is 29.4 Å². The molecule has 8 N–H and O–H groups in total. The smallest absolute Gasteiger partial charge is 0.325 e. The molecule has 0 spiro atoms. The Morgan fingerprint density at radius 2 is 1.52 bits per heavy atom. The van der Waals surface area contributed by atoms with Crippen LogP contribution >= 0.6 is 11.8 Å². The fourth-order valence-corrected chi connectivity index (χ4v) is 2.31. The molecule has 0 heterocycles. The largest absolute Gasteiger partial charge is 0.480 e. The number of rotatable bonds is 12. The molecule has 0 saturated heterocycles. The Morgan fingerprint density at radius 1 is 1.00 bits per heavy atom. The number of carbonyl (C=O) groups excluding carboxylic acids is 3. The second-order valence-electron chi connectivity index (χ2n) is 5.92. The van der Waals surface area contributed by atoms with Crippen molar-refractivity contribution in [2.75, 3.05) is 18.6 Å². The van der Waals surface area contributed by atoms with E-state index in [1.54, 1.807) is 6.26 Å². The third-order valence-corrected chi connectivity index (χ3v) is 4.25. The van der Waals surface area contributed by atoms with E-state index in [-0.39, 0.29) is 6.42 Å². The number of aliphatic hydroxyl groups is 2. The Labute approximate surface area is 161 Å². The van der Waals surface area contributed by atoms with Gasteiger partial charge < -0.3 is 37.0 Å². The van der Waals surface area contributed by atoms with Gasteiger partial charge in [0.15, 0.2) is 0 Å². The fraction of sp³-hybridized carbons (Fsp3) is 0.733. The van der Waals surface area contributed by atoms with Gasteiger partial charge in [-0.2, -0.15) is 11.8 Å². The van der Waals surface area contributed by atoms with Gasteiger partial charge in [0.25, 0.3) is 0 Å². The van der Waals surface area contributed by atoms with Crippen LogP contribution in [-0.2, 0) is 19.2 Å². The van der Waals surface area contributed by atoms with Gasteiger partial charge >= 0.3 is 5.97 Å². The summed E-state index contributed by atoms with van der Waals surface area (Å²) in [6.07, 6.45) is 0.847. The summed E-state index contributed by atoms with van der Waals surface area (Å²) in [6, 6.07) is -4.88. The first-order valence-corrected chi connectivity index (χ1v) is 9.61. The van der Waals surface area contributed by atoms with E-state index in [2.05, 4.69) is 16.0 Å². The van der Waals surface area contributed by atoms with Gasteiger partial charge in [0.1, 0.15) is 24.2 Å². The van der Waals surface area contributed by atoms with Gasteiger partial charge in [-0.15, -0.1) is 0 Å². The van der Waals surface area contributed by atoms with Crippen LogP contribution in [0.5, 0.6) is 0 Å². The minimum absolute atomic E-state index is 0.213. The van der Waals surface area contributed by atoms with Gasteiger partial charge in [0.05, 0.1) is 12.7 Å². The number of amides is 3. The van der Waals surface area contributed by atoms with Crippen LogP contribution < -0.4 is 21.7 Å². The van der Waals surface area contributed by atoms with Crippen molar-refractivity contribution in [2.45, 2.75) is 50.5 Å². The average Bonchev–Trinajstić information content (AvgIpc) is 2.61. The highest BCUT2D eigenvalue weighted by Crippen LogP contribution is 2.03. The first-order chi connectivity index (χ1) is 12.5. The molecule has 0 aromatic rings. The first-order valence-electron chi connectivity index (χ1n) is 8.22. The van der Waals surface area contributed by atoms with Crippen molar-refractivity contribution in [3.05, 3.63) is 0 Å². The highest BCUT2D eigenvalue weighted by Gasteiger charge is 2.29. The molecule has 0 radical (unpaired) electrons. The highest BCUT2D eigenvalue weighted by molar-refractivity contribution is 7.98. The number of carboxylic acids is 1. The van der Waals surface area contributed by atoms with Crippen molar-refractivity contribution in [3.63, 3.8) is 0 Å². The van der Waals surface area contributed by atoms with E-state index >= 15 is 0 Å². The predicted molar refractivity (Wildman–Crippen MR) is 98.8 cm³/mol. The number of thioether (sulfide) groups is 1. The average molecular weight is 408 g/mol. The van der Waals surface area contributed by atoms with E-state index in [1.807, 2.05) is 0 Å². The maximum atomic E-state index is 12.3. The number of nitrogens with two attached hydrogens (primary N) is 1. The van der Waals surface area contributed by atoms with E-state index < -0.39 is 60.6 Å². The van der Waals surface area contributed by atoms with Gasteiger partial charge in [-0.05, 0) is 32.3 Å². The van der Waals surface area contributed by atoms with Gasteiger partial charge in [-0.3, -0.25) is 19.2 Å². The lowest BCUT2D eigenvalue weighted by Crippen LogP contribution is -2.59. The monoisotopic (exact) mass is 408 g/mol. The van der Waals surface area contributed by atoms with Crippen LogP contribution in [0, 0.1) is 0 Å². The summed E-state index contributed by atoms with van der Waals surface area (Å²) in [4.78, 5) is 47.2. The van der Waals surface area contributed by atoms with Crippen LogP contribution in [0.4, 0.5) is 0 Å². The lowest BCUT2D eigenvalue weighted by Gasteiger charge is -2.24. The van der Waals surface area contributed by atoms with Crippen LogP contribution in [-0.4, -0.2) is 87.9 Å². The van der Waals surface area contributed by atoms with Crippen LogP contribution in [0.15, 0.2) is 0 Å². The minimum atomic E-state index is -1.39. The Hall–Kier alpha value is -1.89. The Bertz CT molecular complexity index is 532. The molecule has 0 fully saturated rings. The molecule has 0 rings (SSSR count). The van der Waals surface area contributed by atoms with E-state index in [4.69, 9.17) is 10.8 Å². The molecule has 5 atom stereocenters. The van der Waals surface area contributed by atoms with Crippen molar-refractivity contribution in [3.8, 4) is 0 Å². The number of carboxylic acid groups (broad SMARTS) is 1. The van der Waals surface area contributed by atoms with Crippen molar-refractivity contribution in [1.82, 2.24) is 16.0 Å². The maximum Gasteiger partial charge on any atom is 0.325 e. The number of nitrogens with one attached hydrogen (secondary N) is 3. The molecule has 156 valence electrons. The summed E-state index contributed by atoms with van der Waals surface area (Å²) in [5.74, 6) is -3.11. The van der Waals surface area contributed by atoms with Crippen LogP contribution in [0.2, 0.25) is 0 Å². The van der Waals surface area contributed by atoms with Gasteiger partial charge in [-0.1, -0.05) is 0 Å². The van der Waals surface area contributed by atoms with Gasteiger partial charge in [0, 0.05) is 0 Å². The summed E-state index contributed by atoms with van der Waals surface area (Å²) in [6.45, 7) is 1.82. The first kappa shape index (κ1) is 25.1. The lowest BCUT2D eigenvalue weighted by atomic mass is 10.1. The number of hydrogen-bond donors (Lipinski definition) is 7. The van der Waals surface area contributed by atoms with Crippen molar-refractivity contribution >= 4 is 35.5 Å². The molecule has 0 aliphatic heterocycles. The second kappa shape index (κ2) is 12.5. The molecular formula is C15H28N4O7S. The third kappa shape index (κ3) is 9.04. The standard InChI is InChI=1S/C15H28N4O7S/c1-7(15(25)26)17-12(22)9(4-5-27-3)18-13(23)10(6-20)19-14(24)11(16)8(2)21/h7-11,20-21H,4-6,16H2,1-3H3,(H,17,22)(H,18,23)(H,19,24)(H,25,26). The quantitative estimate of drug-likeness (QED) is 0.176. The molecule has 0 aromatic carbocycles. The lowest BCUT2D eigenvalue weighted by molar-refractivity contribution is -0.141. The maximum absolute atomic E-state index is 12.3. The van der Waals surface area contributed by atoms with Crippen LogP contribution in [0.3, 0.4) is 0 Å². The zero-order chi connectivity index (χ0) is 21.1. The summed E-state index contributed by atoms with van der Waals surface area (Å²) >= 11 is 1.42. The SMILES string of the molecule is CSCCC(NC(=O)C(CO)NC(=O)C(N)C(C)O)C(=O)NC(C)C(=O)O. The summed E-state index contributed by atoms with van der Waals surface area (Å²) in [5, 5.41) is 34.4. The molecule has 0 aliphatic carbocycles. The predicted octanol–water partition coefficient (Wildman–Crippen LogP) is -3.00. The number of aliphatic carboxylic acids is 1. The normalized spacial score (nSPS) is 16.4. The fourth-order valence-electron chi connectivity index (χ4n) is 1.83. The Morgan fingerprint density at radius 3 is 1.96 bits per heavy atom. The van der Waals surface area contributed by atoms with Crippen LogP contribution in [0.25, 0.3) is 0 Å². The molecule has 11 nitrogen and oxygen atoms in total. The third-order valence-electron chi connectivity index (χ3n) is 3.61. The Kier molecular flexibility index (Phi) is 11.6. The van der Waals surface area contributed by atoms with Crippen molar-refractivity contribution < 1.29 is 34.5 Å². The van der Waals surface area contributed by atoms with E-state index in [0.29, 0.717) is 5.75 Å². The van der Waals surface area contributed by atoms with Gasteiger partial charge in [-0.25, -0.2) is 0 Å². The van der Waals surface area contributed by atoms with E-state index in [0.717, 1.165) is 0 Å². The minimum Gasteiger partial charge on any atom is -0.480 e. The molecule has 0 aliphatic rings. The molecular weight excluding hydrogens is 380 g/mol. The zero-order valence-electron chi connectivity index (χ0n) is 15.5. The summed E-state index contributed by atoms with van der Waals surface area (Å²) in [7, 11) is 0. The number of aliphatic hydroxyl groups excluding tert-OH is 2. The Balaban J connectivity index is 5.04. The summed E-state index contributed by atoms with van der Waals surface area (Å²) in [5.41, 5.74) is 5.46. The molecule has 0 bridgehead atoms.